The van der Waals surface area contributed by atoms with E-state index in [-0.39, 0.29) is 11.8 Å². The van der Waals surface area contributed by atoms with Crippen LogP contribution in [0.4, 0.5) is 0 Å². The summed E-state index contributed by atoms with van der Waals surface area (Å²) in [6.45, 7) is 3.94. The van der Waals surface area contributed by atoms with Crippen molar-refractivity contribution >= 4 is 5.91 Å². The van der Waals surface area contributed by atoms with Gasteiger partial charge in [-0.3, -0.25) is 4.79 Å². The lowest BCUT2D eigenvalue weighted by Crippen LogP contribution is -2.43. The molecule has 2 heteroatoms. The SMILES string of the molecule is CC(C)C(=O)NC1CCC2CCC1C2. The number of amides is 1. The molecule has 3 atom stereocenters. The van der Waals surface area contributed by atoms with Gasteiger partial charge in [0, 0.05) is 12.0 Å². The number of fused-ring (bicyclic) bond motifs is 2. The fourth-order valence-corrected chi connectivity index (χ4v) is 2.93. The molecule has 2 bridgehead atoms. The molecular formula is C12H21NO. The maximum atomic E-state index is 11.6. The minimum Gasteiger partial charge on any atom is -0.353 e. The van der Waals surface area contributed by atoms with Crippen molar-refractivity contribution in [2.24, 2.45) is 17.8 Å². The summed E-state index contributed by atoms with van der Waals surface area (Å²) in [4.78, 5) is 11.6. The molecule has 0 radical (unpaired) electrons. The minimum atomic E-state index is 0.133. The molecular weight excluding hydrogens is 174 g/mol. The van der Waals surface area contributed by atoms with Gasteiger partial charge in [0.25, 0.3) is 0 Å². The quantitative estimate of drug-likeness (QED) is 0.720. The summed E-state index contributed by atoms with van der Waals surface area (Å²) in [5.74, 6) is 2.14. The molecule has 0 aromatic rings. The van der Waals surface area contributed by atoms with Crippen LogP contribution in [-0.2, 0) is 4.79 Å². The van der Waals surface area contributed by atoms with Crippen molar-refractivity contribution < 1.29 is 4.79 Å². The molecule has 0 aromatic carbocycles. The van der Waals surface area contributed by atoms with E-state index in [1.54, 1.807) is 0 Å². The van der Waals surface area contributed by atoms with Crippen LogP contribution in [0.3, 0.4) is 0 Å². The van der Waals surface area contributed by atoms with Crippen molar-refractivity contribution in [1.82, 2.24) is 5.32 Å². The van der Waals surface area contributed by atoms with Gasteiger partial charge in [-0.15, -0.1) is 0 Å². The molecule has 2 aliphatic rings. The predicted octanol–water partition coefficient (Wildman–Crippen LogP) is 2.34. The Balaban J connectivity index is 1.89. The smallest absolute Gasteiger partial charge is 0.222 e. The van der Waals surface area contributed by atoms with Crippen molar-refractivity contribution in [2.75, 3.05) is 0 Å². The first-order valence-corrected chi connectivity index (χ1v) is 5.97. The van der Waals surface area contributed by atoms with Crippen LogP contribution < -0.4 is 5.32 Å². The fraction of sp³-hybridized carbons (Fsp3) is 0.917. The molecule has 80 valence electrons. The first-order chi connectivity index (χ1) is 6.66. The van der Waals surface area contributed by atoms with Gasteiger partial charge in [-0.2, -0.15) is 0 Å². The fourth-order valence-electron chi connectivity index (χ4n) is 2.93. The van der Waals surface area contributed by atoms with Gasteiger partial charge in [-0.05, 0) is 37.5 Å². The molecule has 0 aliphatic heterocycles. The van der Waals surface area contributed by atoms with E-state index < -0.39 is 0 Å². The van der Waals surface area contributed by atoms with E-state index in [1.165, 1.54) is 32.1 Å². The van der Waals surface area contributed by atoms with Gasteiger partial charge < -0.3 is 5.32 Å². The maximum absolute atomic E-state index is 11.6. The number of hydrogen-bond acceptors (Lipinski definition) is 1. The number of carbonyl (C=O) groups is 1. The molecule has 0 saturated heterocycles. The van der Waals surface area contributed by atoms with Crippen LogP contribution in [0.15, 0.2) is 0 Å². The van der Waals surface area contributed by atoms with E-state index in [1.807, 2.05) is 13.8 Å². The van der Waals surface area contributed by atoms with Gasteiger partial charge >= 0.3 is 0 Å². The Kier molecular flexibility index (Phi) is 2.80. The molecule has 1 N–H and O–H groups in total. The van der Waals surface area contributed by atoms with Gasteiger partial charge in [-0.1, -0.05) is 20.3 Å². The highest BCUT2D eigenvalue weighted by Gasteiger charge is 2.36. The molecule has 0 heterocycles. The largest absolute Gasteiger partial charge is 0.353 e. The third kappa shape index (κ3) is 1.94. The molecule has 14 heavy (non-hydrogen) atoms. The summed E-state index contributed by atoms with van der Waals surface area (Å²) in [5, 5.41) is 3.21. The highest BCUT2D eigenvalue weighted by molar-refractivity contribution is 5.78. The number of carbonyl (C=O) groups excluding carboxylic acids is 1. The Morgan fingerprint density at radius 3 is 2.64 bits per heavy atom. The van der Waals surface area contributed by atoms with Gasteiger partial charge in [0.15, 0.2) is 0 Å². The monoisotopic (exact) mass is 195 g/mol. The predicted molar refractivity (Wildman–Crippen MR) is 56.8 cm³/mol. The second-order valence-corrected chi connectivity index (χ2v) is 5.29. The van der Waals surface area contributed by atoms with Crippen LogP contribution in [0.25, 0.3) is 0 Å². The summed E-state index contributed by atoms with van der Waals surface area (Å²) in [7, 11) is 0. The van der Waals surface area contributed by atoms with Crippen LogP contribution in [0, 0.1) is 17.8 Å². The Bertz CT molecular complexity index is 224. The van der Waals surface area contributed by atoms with Gasteiger partial charge in [0.1, 0.15) is 0 Å². The van der Waals surface area contributed by atoms with E-state index >= 15 is 0 Å². The Morgan fingerprint density at radius 1 is 1.21 bits per heavy atom. The molecule has 2 nitrogen and oxygen atoms in total. The van der Waals surface area contributed by atoms with E-state index in [0.717, 1.165) is 11.8 Å². The summed E-state index contributed by atoms with van der Waals surface area (Å²) in [6.07, 6.45) is 6.66. The zero-order valence-electron chi connectivity index (χ0n) is 9.25. The summed E-state index contributed by atoms with van der Waals surface area (Å²) in [6, 6.07) is 0.489. The average molecular weight is 195 g/mol. The normalized spacial score (nSPS) is 36.1. The summed E-state index contributed by atoms with van der Waals surface area (Å²) in [5.41, 5.74) is 0. The van der Waals surface area contributed by atoms with E-state index in [2.05, 4.69) is 5.32 Å². The highest BCUT2D eigenvalue weighted by Crippen LogP contribution is 2.41. The Labute approximate surface area is 86.5 Å². The Morgan fingerprint density at radius 2 is 1.93 bits per heavy atom. The summed E-state index contributed by atoms with van der Waals surface area (Å²) < 4.78 is 0. The zero-order chi connectivity index (χ0) is 10.1. The molecule has 1 amide bonds. The second kappa shape index (κ2) is 3.92. The lowest BCUT2D eigenvalue weighted by atomic mass is 9.85. The first-order valence-electron chi connectivity index (χ1n) is 5.97. The van der Waals surface area contributed by atoms with Crippen LogP contribution in [0.1, 0.15) is 46.0 Å². The van der Waals surface area contributed by atoms with Crippen molar-refractivity contribution in [3.8, 4) is 0 Å². The molecule has 2 saturated carbocycles. The molecule has 2 aliphatic carbocycles. The lowest BCUT2D eigenvalue weighted by Gasteiger charge is -2.30. The van der Waals surface area contributed by atoms with Crippen LogP contribution in [-0.4, -0.2) is 11.9 Å². The van der Waals surface area contributed by atoms with Crippen LogP contribution >= 0.6 is 0 Å². The van der Waals surface area contributed by atoms with E-state index in [4.69, 9.17) is 0 Å². The number of rotatable bonds is 2. The third-order valence-corrected chi connectivity index (χ3v) is 3.89. The van der Waals surface area contributed by atoms with Crippen LogP contribution in [0.5, 0.6) is 0 Å². The zero-order valence-corrected chi connectivity index (χ0v) is 9.25. The molecule has 2 rings (SSSR count). The van der Waals surface area contributed by atoms with Crippen molar-refractivity contribution in [2.45, 2.75) is 52.0 Å². The Hall–Kier alpha value is -0.530. The average Bonchev–Trinajstić information content (AvgIpc) is 2.53. The van der Waals surface area contributed by atoms with E-state index in [9.17, 15) is 4.79 Å². The molecule has 0 spiro atoms. The van der Waals surface area contributed by atoms with Crippen molar-refractivity contribution in [3.63, 3.8) is 0 Å². The molecule has 2 fully saturated rings. The number of nitrogens with one attached hydrogen (secondary N) is 1. The molecule has 0 aromatic heterocycles. The second-order valence-electron chi connectivity index (χ2n) is 5.29. The van der Waals surface area contributed by atoms with Crippen molar-refractivity contribution in [1.29, 1.82) is 0 Å². The molecule has 3 unspecified atom stereocenters. The maximum Gasteiger partial charge on any atom is 0.222 e. The minimum absolute atomic E-state index is 0.133. The van der Waals surface area contributed by atoms with Gasteiger partial charge in [0.2, 0.25) is 5.91 Å². The lowest BCUT2D eigenvalue weighted by molar-refractivity contribution is -0.125. The summed E-state index contributed by atoms with van der Waals surface area (Å²) >= 11 is 0. The standard InChI is InChI=1S/C12H21NO/c1-8(2)12(14)13-11-6-4-9-3-5-10(11)7-9/h8-11H,3-7H2,1-2H3,(H,13,14). The van der Waals surface area contributed by atoms with E-state index in [0.29, 0.717) is 6.04 Å². The highest BCUT2D eigenvalue weighted by atomic mass is 16.1. The van der Waals surface area contributed by atoms with Gasteiger partial charge in [0.05, 0.1) is 0 Å². The van der Waals surface area contributed by atoms with Gasteiger partial charge in [-0.25, -0.2) is 0 Å². The number of hydrogen-bond donors (Lipinski definition) is 1. The van der Waals surface area contributed by atoms with Crippen LogP contribution in [0.2, 0.25) is 0 Å². The third-order valence-electron chi connectivity index (χ3n) is 3.89. The first kappa shape index (κ1) is 10.0. The topological polar surface area (TPSA) is 29.1 Å². The van der Waals surface area contributed by atoms with Crippen molar-refractivity contribution in [3.05, 3.63) is 0 Å².